The molecule has 1 saturated heterocycles. The molecule has 0 unspecified atom stereocenters. The zero-order valence-corrected chi connectivity index (χ0v) is 22.8. The molecule has 1 aliphatic rings. The van der Waals surface area contributed by atoms with Crippen molar-refractivity contribution in [2.24, 2.45) is 0 Å². The summed E-state index contributed by atoms with van der Waals surface area (Å²) in [5, 5.41) is 7.64. The van der Waals surface area contributed by atoms with Gasteiger partial charge in [0.25, 0.3) is 0 Å². The molecule has 1 aromatic carbocycles. The highest BCUT2D eigenvalue weighted by atomic mass is 32.2. The number of anilines is 1. The van der Waals surface area contributed by atoms with Gasteiger partial charge in [0.15, 0.2) is 11.6 Å². The third kappa shape index (κ3) is 5.27. The van der Waals surface area contributed by atoms with Gasteiger partial charge in [-0.05, 0) is 56.0 Å². The first-order valence-corrected chi connectivity index (χ1v) is 13.9. The molecule has 39 heavy (non-hydrogen) atoms. The summed E-state index contributed by atoms with van der Waals surface area (Å²) in [5.74, 6) is 1.50. The van der Waals surface area contributed by atoms with Gasteiger partial charge in [-0.3, -0.25) is 14.3 Å². The fraction of sp³-hybridized carbons (Fsp3) is 0.346. The van der Waals surface area contributed by atoms with Crippen LogP contribution >= 0.6 is 0 Å². The number of hydrogen-bond acceptors (Lipinski definition) is 10. The second-order valence-electron chi connectivity index (χ2n) is 9.18. The van der Waals surface area contributed by atoms with Crippen LogP contribution in [0, 0.1) is 13.8 Å². The van der Waals surface area contributed by atoms with E-state index in [4.69, 9.17) is 14.2 Å². The van der Waals surface area contributed by atoms with Gasteiger partial charge in [-0.2, -0.15) is 0 Å². The Morgan fingerprint density at radius 2 is 1.72 bits per heavy atom. The SMILES string of the molecule is COc1cccc(OC)c1-n1c(NS(=O)(=O)[C@@H]2CCCO[C@H]2c2ncc(C)cn2)nnc1-c1cncc(C)c1. The number of nitrogens with one attached hydrogen (secondary N) is 1. The quantitative estimate of drug-likeness (QED) is 0.346. The van der Waals surface area contributed by atoms with Gasteiger partial charge in [-0.15, -0.1) is 10.2 Å². The number of pyridine rings is 1. The molecule has 4 aromatic rings. The van der Waals surface area contributed by atoms with Gasteiger partial charge in [0.05, 0.1) is 14.2 Å². The smallest absolute Gasteiger partial charge is 0.243 e. The zero-order chi connectivity index (χ0) is 27.6. The number of rotatable bonds is 8. The number of hydrogen-bond donors (Lipinski definition) is 1. The summed E-state index contributed by atoms with van der Waals surface area (Å²) >= 11 is 0. The highest BCUT2D eigenvalue weighted by molar-refractivity contribution is 7.93. The van der Waals surface area contributed by atoms with Crippen LogP contribution in [-0.4, -0.2) is 64.2 Å². The number of aryl methyl sites for hydroxylation is 2. The van der Waals surface area contributed by atoms with Crippen LogP contribution in [0.4, 0.5) is 5.95 Å². The van der Waals surface area contributed by atoms with Gasteiger partial charge < -0.3 is 14.2 Å². The third-order valence-corrected chi connectivity index (χ3v) is 8.12. The van der Waals surface area contributed by atoms with Crippen LogP contribution in [0.25, 0.3) is 17.1 Å². The molecule has 12 nitrogen and oxygen atoms in total. The van der Waals surface area contributed by atoms with E-state index in [1.807, 2.05) is 19.9 Å². The molecule has 1 N–H and O–H groups in total. The lowest BCUT2D eigenvalue weighted by Gasteiger charge is -2.30. The minimum Gasteiger partial charge on any atom is -0.494 e. The molecule has 13 heteroatoms. The third-order valence-electron chi connectivity index (χ3n) is 6.38. The van der Waals surface area contributed by atoms with E-state index in [1.165, 1.54) is 14.2 Å². The maximum absolute atomic E-state index is 13.9. The van der Waals surface area contributed by atoms with Crippen molar-refractivity contribution >= 4 is 16.0 Å². The molecule has 3 aromatic heterocycles. The second kappa shape index (κ2) is 10.9. The van der Waals surface area contributed by atoms with Gasteiger partial charge >= 0.3 is 0 Å². The number of benzene rings is 1. The van der Waals surface area contributed by atoms with E-state index < -0.39 is 21.4 Å². The molecule has 5 rings (SSSR count). The van der Waals surface area contributed by atoms with Gasteiger partial charge in [0.2, 0.25) is 16.0 Å². The Morgan fingerprint density at radius 3 is 2.38 bits per heavy atom. The highest BCUT2D eigenvalue weighted by Gasteiger charge is 2.40. The first-order chi connectivity index (χ1) is 18.8. The van der Waals surface area contributed by atoms with Crippen LogP contribution in [0.2, 0.25) is 0 Å². The van der Waals surface area contributed by atoms with Gasteiger partial charge in [-0.25, -0.2) is 18.4 Å². The Kier molecular flexibility index (Phi) is 7.44. The molecule has 0 bridgehead atoms. The number of sulfonamides is 1. The van der Waals surface area contributed by atoms with Crippen LogP contribution < -0.4 is 14.2 Å². The van der Waals surface area contributed by atoms with E-state index in [1.54, 1.807) is 47.6 Å². The normalized spacial score (nSPS) is 17.5. The molecular weight excluding hydrogens is 522 g/mol. The number of nitrogens with zero attached hydrogens (tertiary/aromatic N) is 6. The predicted octanol–water partition coefficient (Wildman–Crippen LogP) is 3.42. The Bertz CT molecular complexity index is 1550. The molecule has 0 spiro atoms. The molecule has 2 atom stereocenters. The molecule has 4 heterocycles. The molecule has 1 aliphatic heterocycles. The van der Waals surface area contributed by atoms with E-state index in [9.17, 15) is 8.42 Å². The maximum Gasteiger partial charge on any atom is 0.243 e. The minimum atomic E-state index is -4.07. The molecule has 0 aliphatic carbocycles. The Hall–Kier alpha value is -4.10. The van der Waals surface area contributed by atoms with Crippen LogP contribution in [0.1, 0.15) is 35.9 Å². The largest absolute Gasteiger partial charge is 0.494 e. The summed E-state index contributed by atoms with van der Waals surface area (Å²) in [7, 11) is -1.03. The standard InChI is InChI=1S/C26H29N7O5S/c1-16-11-18(15-27-12-16)25-30-31-26(33(25)22-19(36-3)7-5-8-20(22)37-4)32-39(34,35)21-9-6-10-38-23(21)24-28-13-17(2)14-29-24/h5,7-8,11-15,21,23H,6,9-10H2,1-4H3,(H,31,32)/t21-,23-/m1/s1. The lowest BCUT2D eigenvalue weighted by atomic mass is 10.1. The molecule has 0 radical (unpaired) electrons. The Morgan fingerprint density at radius 1 is 1.00 bits per heavy atom. The number of aromatic nitrogens is 6. The predicted molar refractivity (Wildman–Crippen MR) is 143 cm³/mol. The van der Waals surface area contributed by atoms with Gasteiger partial charge in [0, 0.05) is 37.0 Å². The van der Waals surface area contributed by atoms with Crippen LogP contribution in [0.15, 0.2) is 49.1 Å². The molecule has 0 saturated carbocycles. The monoisotopic (exact) mass is 551 g/mol. The summed E-state index contributed by atoms with van der Waals surface area (Å²) < 4.78 is 49.2. The number of methoxy groups -OCH3 is 2. The van der Waals surface area contributed by atoms with E-state index in [0.717, 1.165) is 11.1 Å². The zero-order valence-electron chi connectivity index (χ0n) is 22.0. The van der Waals surface area contributed by atoms with Crippen LogP contribution in [0.5, 0.6) is 11.5 Å². The number of ether oxygens (including phenoxy) is 3. The Balaban J connectivity index is 1.62. The first kappa shape index (κ1) is 26.5. The van der Waals surface area contributed by atoms with Crippen molar-refractivity contribution in [3.05, 3.63) is 66.0 Å². The van der Waals surface area contributed by atoms with Crippen molar-refractivity contribution in [3.63, 3.8) is 0 Å². The van der Waals surface area contributed by atoms with Crippen molar-refractivity contribution in [2.75, 3.05) is 25.5 Å². The van der Waals surface area contributed by atoms with Gasteiger partial charge in [0.1, 0.15) is 28.5 Å². The fourth-order valence-corrected chi connectivity index (χ4v) is 6.08. The van der Waals surface area contributed by atoms with Crippen LogP contribution in [-0.2, 0) is 14.8 Å². The van der Waals surface area contributed by atoms with E-state index in [2.05, 4.69) is 29.9 Å². The van der Waals surface area contributed by atoms with Crippen molar-refractivity contribution in [3.8, 4) is 28.6 Å². The molecule has 1 fully saturated rings. The Labute approximate surface area is 226 Å². The van der Waals surface area contributed by atoms with E-state index >= 15 is 0 Å². The lowest BCUT2D eigenvalue weighted by Crippen LogP contribution is -2.39. The van der Waals surface area contributed by atoms with E-state index in [-0.39, 0.29) is 5.95 Å². The summed E-state index contributed by atoms with van der Waals surface area (Å²) in [6, 6.07) is 7.14. The average Bonchev–Trinajstić information content (AvgIpc) is 3.35. The average molecular weight is 552 g/mol. The topological polar surface area (TPSA) is 143 Å². The summed E-state index contributed by atoms with van der Waals surface area (Å²) in [6.07, 6.45) is 6.73. The first-order valence-electron chi connectivity index (χ1n) is 12.3. The fourth-order valence-electron chi connectivity index (χ4n) is 4.54. The van der Waals surface area contributed by atoms with E-state index in [0.29, 0.717) is 53.8 Å². The number of para-hydroxylation sites is 1. The minimum absolute atomic E-state index is 0.0385. The van der Waals surface area contributed by atoms with Crippen molar-refractivity contribution in [1.29, 1.82) is 0 Å². The lowest BCUT2D eigenvalue weighted by molar-refractivity contribution is 0.0126. The molecular formula is C26H29N7O5S. The van der Waals surface area contributed by atoms with Crippen molar-refractivity contribution < 1.29 is 22.6 Å². The van der Waals surface area contributed by atoms with Crippen LogP contribution in [0.3, 0.4) is 0 Å². The van der Waals surface area contributed by atoms with Gasteiger partial charge in [-0.1, -0.05) is 6.07 Å². The second-order valence-corrected chi connectivity index (χ2v) is 11.1. The maximum atomic E-state index is 13.9. The molecule has 0 amide bonds. The summed E-state index contributed by atoms with van der Waals surface area (Å²) in [6.45, 7) is 4.18. The molecule has 204 valence electrons. The van der Waals surface area contributed by atoms with Crippen molar-refractivity contribution in [1.82, 2.24) is 29.7 Å². The highest BCUT2D eigenvalue weighted by Crippen LogP contribution is 2.39. The summed E-state index contributed by atoms with van der Waals surface area (Å²) in [4.78, 5) is 12.9. The summed E-state index contributed by atoms with van der Waals surface area (Å²) in [5.41, 5.74) is 2.83. The van der Waals surface area contributed by atoms with Crippen molar-refractivity contribution in [2.45, 2.75) is 38.0 Å².